The van der Waals surface area contributed by atoms with E-state index in [1.165, 1.54) is 18.2 Å². The van der Waals surface area contributed by atoms with Gasteiger partial charge in [-0.15, -0.1) is 13.2 Å². The molecule has 0 aliphatic carbocycles. The molecule has 1 heterocycles. The second-order valence-electron chi connectivity index (χ2n) is 4.42. The maximum absolute atomic E-state index is 12.0. The largest absolute Gasteiger partial charge is 0.573 e. The fourth-order valence-corrected chi connectivity index (χ4v) is 1.58. The monoisotopic (exact) mass is 247 g/mol. The maximum Gasteiger partial charge on any atom is 0.573 e. The second kappa shape index (κ2) is 3.72. The maximum atomic E-state index is 12.0. The number of hydrogen-bond donors (Lipinski definition) is 1. The SMILES string of the molecule is CC1(C)CNc2cc(OC(F)(F)F)ccc2O1. The smallest absolute Gasteiger partial charge is 0.484 e. The number of ether oxygens (including phenoxy) is 2. The molecule has 1 aliphatic rings. The summed E-state index contributed by atoms with van der Waals surface area (Å²) in [6, 6.07) is 3.97. The fourth-order valence-electron chi connectivity index (χ4n) is 1.58. The summed E-state index contributed by atoms with van der Waals surface area (Å²) < 4.78 is 45.5. The van der Waals surface area contributed by atoms with E-state index in [2.05, 4.69) is 10.1 Å². The van der Waals surface area contributed by atoms with Crippen LogP contribution in [-0.2, 0) is 0 Å². The zero-order valence-corrected chi connectivity index (χ0v) is 9.39. The highest BCUT2D eigenvalue weighted by Gasteiger charge is 2.32. The van der Waals surface area contributed by atoms with E-state index in [0.717, 1.165) is 0 Å². The highest BCUT2D eigenvalue weighted by atomic mass is 19.4. The molecule has 1 aromatic carbocycles. The van der Waals surface area contributed by atoms with Gasteiger partial charge in [-0.05, 0) is 26.0 Å². The Morgan fingerprint density at radius 1 is 1.35 bits per heavy atom. The van der Waals surface area contributed by atoms with E-state index < -0.39 is 6.36 Å². The molecule has 0 bridgehead atoms. The molecule has 0 aromatic heterocycles. The normalized spacial score (nSPS) is 17.7. The molecular formula is C11H12F3NO2. The van der Waals surface area contributed by atoms with Crippen LogP contribution in [-0.4, -0.2) is 18.5 Å². The van der Waals surface area contributed by atoms with E-state index in [1.807, 2.05) is 13.8 Å². The number of halogens is 3. The molecule has 6 heteroatoms. The lowest BCUT2D eigenvalue weighted by Crippen LogP contribution is -2.40. The predicted octanol–water partition coefficient (Wildman–Crippen LogP) is 3.17. The van der Waals surface area contributed by atoms with Gasteiger partial charge in [0.15, 0.2) is 0 Å². The van der Waals surface area contributed by atoms with Crippen molar-refractivity contribution in [3.63, 3.8) is 0 Å². The van der Waals surface area contributed by atoms with Crippen LogP contribution in [0, 0.1) is 0 Å². The Balaban J connectivity index is 2.22. The molecule has 0 saturated carbocycles. The average Bonchev–Trinajstić information content (AvgIpc) is 2.15. The van der Waals surface area contributed by atoms with E-state index in [9.17, 15) is 13.2 Å². The van der Waals surface area contributed by atoms with Gasteiger partial charge < -0.3 is 14.8 Å². The molecule has 2 rings (SSSR count). The van der Waals surface area contributed by atoms with E-state index in [-0.39, 0.29) is 11.4 Å². The third-order valence-electron chi connectivity index (χ3n) is 2.28. The van der Waals surface area contributed by atoms with Crippen molar-refractivity contribution in [3.8, 4) is 11.5 Å². The van der Waals surface area contributed by atoms with Crippen molar-refractivity contribution < 1.29 is 22.6 Å². The van der Waals surface area contributed by atoms with Crippen LogP contribution in [0.15, 0.2) is 18.2 Å². The Morgan fingerprint density at radius 2 is 2.06 bits per heavy atom. The van der Waals surface area contributed by atoms with Crippen molar-refractivity contribution in [1.29, 1.82) is 0 Å². The average molecular weight is 247 g/mol. The second-order valence-corrected chi connectivity index (χ2v) is 4.42. The first-order chi connectivity index (χ1) is 7.75. The first-order valence-electron chi connectivity index (χ1n) is 5.08. The minimum absolute atomic E-state index is 0.257. The highest BCUT2D eigenvalue weighted by Crippen LogP contribution is 2.36. The van der Waals surface area contributed by atoms with Gasteiger partial charge in [0.2, 0.25) is 0 Å². The zero-order chi connectivity index (χ0) is 12.7. The Labute approximate surface area is 96.5 Å². The number of benzene rings is 1. The van der Waals surface area contributed by atoms with Gasteiger partial charge >= 0.3 is 6.36 Å². The number of hydrogen-bond acceptors (Lipinski definition) is 3. The van der Waals surface area contributed by atoms with Crippen molar-refractivity contribution in [1.82, 2.24) is 0 Å². The van der Waals surface area contributed by atoms with Gasteiger partial charge in [0.25, 0.3) is 0 Å². The minimum atomic E-state index is -4.68. The summed E-state index contributed by atoms with van der Waals surface area (Å²) in [5.74, 6) is 0.267. The standard InChI is InChI=1S/C11H12F3NO2/c1-10(2)6-15-8-5-7(16-11(12,13)14)3-4-9(8)17-10/h3-5,15H,6H2,1-2H3. The van der Waals surface area contributed by atoms with E-state index >= 15 is 0 Å². The van der Waals surface area contributed by atoms with Crippen molar-refractivity contribution in [2.24, 2.45) is 0 Å². The van der Waals surface area contributed by atoms with Crippen LogP contribution in [0.2, 0.25) is 0 Å². The summed E-state index contributed by atoms with van der Waals surface area (Å²) >= 11 is 0. The third-order valence-corrected chi connectivity index (χ3v) is 2.28. The topological polar surface area (TPSA) is 30.5 Å². The summed E-state index contributed by atoms with van der Waals surface area (Å²) in [7, 11) is 0. The van der Waals surface area contributed by atoms with Crippen LogP contribution in [0.1, 0.15) is 13.8 Å². The van der Waals surface area contributed by atoms with Crippen LogP contribution in [0.3, 0.4) is 0 Å². The van der Waals surface area contributed by atoms with Crippen LogP contribution in [0.25, 0.3) is 0 Å². The Hall–Kier alpha value is -1.59. The Kier molecular flexibility index (Phi) is 2.60. The summed E-state index contributed by atoms with van der Waals surface area (Å²) in [5.41, 5.74) is 0.130. The number of rotatable bonds is 1. The molecule has 0 unspecified atom stereocenters. The first-order valence-corrected chi connectivity index (χ1v) is 5.08. The molecule has 0 atom stereocenters. The van der Waals surface area contributed by atoms with Crippen LogP contribution >= 0.6 is 0 Å². The fraction of sp³-hybridized carbons (Fsp3) is 0.455. The van der Waals surface area contributed by atoms with Gasteiger partial charge in [-0.25, -0.2) is 0 Å². The van der Waals surface area contributed by atoms with Gasteiger partial charge in [0, 0.05) is 6.07 Å². The molecule has 1 aliphatic heterocycles. The molecule has 0 amide bonds. The van der Waals surface area contributed by atoms with Crippen molar-refractivity contribution in [3.05, 3.63) is 18.2 Å². The quantitative estimate of drug-likeness (QED) is 0.826. The molecule has 0 radical (unpaired) electrons. The number of fused-ring (bicyclic) bond motifs is 1. The van der Waals surface area contributed by atoms with Crippen LogP contribution in [0.4, 0.5) is 18.9 Å². The van der Waals surface area contributed by atoms with Crippen LogP contribution < -0.4 is 14.8 Å². The Bertz CT molecular complexity index is 429. The van der Waals surface area contributed by atoms with Crippen molar-refractivity contribution in [2.75, 3.05) is 11.9 Å². The lowest BCUT2D eigenvalue weighted by atomic mass is 10.1. The van der Waals surface area contributed by atoms with Crippen molar-refractivity contribution >= 4 is 5.69 Å². The summed E-state index contributed by atoms with van der Waals surface area (Å²) in [6.45, 7) is 4.31. The number of anilines is 1. The molecule has 0 fully saturated rings. The summed E-state index contributed by atoms with van der Waals surface area (Å²) in [6.07, 6.45) is -4.68. The first kappa shape index (κ1) is 11.9. The molecule has 0 saturated heterocycles. The molecule has 0 spiro atoms. The van der Waals surface area contributed by atoms with E-state index in [0.29, 0.717) is 18.0 Å². The zero-order valence-electron chi connectivity index (χ0n) is 9.39. The molecule has 17 heavy (non-hydrogen) atoms. The number of alkyl halides is 3. The minimum Gasteiger partial charge on any atom is -0.484 e. The van der Waals surface area contributed by atoms with E-state index in [4.69, 9.17) is 4.74 Å². The van der Waals surface area contributed by atoms with Gasteiger partial charge in [-0.1, -0.05) is 0 Å². The van der Waals surface area contributed by atoms with Gasteiger partial charge in [0.05, 0.1) is 12.2 Å². The van der Waals surface area contributed by atoms with Gasteiger partial charge in [-0.2, -0.15) is 0 Å². The molecular weight excluding hydrogens is 235 g/mol. The lowest BCUT2D eigenvalue weighted by molar-refractivity contribution is -0.274. The van der Waals surface area contributed by atoms with Gasteiger partial charge in [0.1, 0.15) is 17.1 Å². The molecule has 1 aromatic rings. The lowest BCUT2D eigenvalue weighted by Gasteiger charge is -2.33. The highest BCUT2D eigenvalue weighted by molar-refractivity contribution is 5.61. The summed E-state index contributed by atoms with van der Waals surface area (Å²) in [5, 5.41) is 3.01. The number of nitrogens with one attached hydrogen (secondary N) is 1. The van der Waals surface area contributed by atoms with Gasteiger partial charge in [-0.3, -0.25) is 0 Å². The van der Waals surface area contributed by atoms with Crippen LogP contribution in [0.5, 0.6) is 11.5 Å². The third kappa shape index (κ3) is 2.95. The van der Waals surface area contributed by atoms with Crippen molar-refractivity contribution in [2.45, 2.75) is 25.8 Å². The molecule has 3 nitrogen and oxygen atoms in total. The predicted molar refractivity (Wildman–Crippen MR) is 56.3 cm³/mol. The molecule has 1 N–H and O–H groups in total. The Morgan fingerprint density at radius 3 is 2.71 bits per heavy atom. The molecule has 94 valence electrons. The van der Waals surface area contributed by atoms with E-state index in [1.54, 1.807) is 0 Å². The summed E-state index contributed by atoms with van der Waals surface area (Å²) in [4.78, 5) is 0.